The summed E-state index contributed by atoms with van der Waals surface area (Å²) in [6.07, 6.45) is 1.39. The zero-order valence-corrected chi connectivity index (χ0v) is 12.1. The Labute approximate surface area is 114 Å². The van der Waals surface area contributed by atoms with Gasteiger partial charge in [0, 0.05) is 19.0 Å². The van der Waals surface area contributed by atoms with Crippen molar-refractivity contribution in [2.24, 2.45) is 11.7 Å². The summed E-state index contributed by atoms with van der Waals surface area (Å²) in [4.78, 5) is 20.6. The minimum atomic E-state index is -0.198. The lowest BCUT2D eigenvalue weighted by Crippen LogP contribution is -2.35. The molecule has 0 aliphatic rings. The summed E-state index contributed by atoms with van der Waals surface area (Å²) < 4.78 is 0.428. The number of nitrogens with one attached hydrogen (secondary N) is 1. The lowest BCUT2D eigenvalue weighted by Gasteiger charge is -2.25. The van der Waals surface area contributed by atoms with Gasteiger partial charge in [-0.25, -0.2) is 4.98 Å². The normalized spacial score (nSPS) is 12.2. The van der Waals surface area contributed by atoms with Crippen LogP contribution in [0.25, 0.3) is 0 Å². The van der Waals surface area contributed by atoms with Crippen LogP contribution in [-0.4, -0.2) is 28.0 Å². The van der Waals surface area contributed by atoms with Crippen molar-refractivity contribution in [3.05, 3.63) is 21.2 Å². The molecule has 1 rings (SSSR count). The Morgan fingerprint density at radius 1 is 1.76 bits per heavy atom. The summed E-state index contributed by atoms with van der Waals surface area (Å²) in [5.41, 5.74) is 5.39. The molecule has 0 fully saturated rings. The molecular formula is C10H15BrN4OS. The van der Waals surface area contributed by atoms with E-state index >= 15 is 0 Å². The topological polar surface area (TPSA) is 75.0 Å². The lowest BCUT2D eigenvalue weighted by atomic mass is 10.1. The second kappa shape index (κ2) is 6.11. The number of hydrogen-bond donors (Lipinski definition) is 2. The summed E-state index contributed by atoms with van der Waals surface area (Å²) in [5, 5.41) is 0. The summed E-state index contributed by atoms with van der Waals surface area (Å²) >= 11 is 8.18. The second-order valence-corrected chi connectivity index (χ2v) is 4.98. The monoisotopic (exact) mass is 318 g/mol. The molecule has 0 aliphatic heterocycles. The molecule has 7 heteroatoms. The van der Waals surface area contributed by atoms with E-state index in [9.17, 15) is 4.79 Å². The molecule has 0 aromatic carbocycles. The number of hydrogen-bond acceptors (Lipinski definition) is 4. The first-order valence-corrected chi connectivity index (χ1v) is 6.45. The number of aromatic amines is 1. The van der Waals surface area contributed by atoms with Crippen LogP contribution in [0, 0.1) is 5.92 Å². The maximum Gasteiger partial charge on any atom is 0.267 e. The van der Waals surface area contributed by atoms with Gasteiger partial charge in [-0.05, 0) is 22.9 Å². The van der Waals surface area contributed by atoms with E-state index in [1.54, 1.807) is 0 Å². The molecule has 0 amide bonds. The van der Waals surface area contributed by atoms with Crippen molar-refractivity contribution in [2.45, 2.75) is 13.8 Å². The van der Waals surface area contributed by atoms with Gasteiger partial charge in [0.25, 0.3) is 5.56 Å². The number of H-pyrrole nitrogens is 1. The van der Waals surface area contributed by atoms with Crippen molar-refractivity contribution in [1.82, 2.24) is 9.97 Å². The highest BCUT2D eigenvalue weighted by Gasteiger charge is 2.16. The number of anilines is 1. The molecule has 1 aromatic heterocycles. The van der Waals surface area contributed by atoms with Crippen molar-refractivity contribution in [3.63, 3.8) is 0 Å². The van der Waals surface area contributed by atoms with E-state index in [-0.39, 0.29) is 11.5 Å². The van der Waals surface area contributed by atoms with Crippen LogP contribution < -0.4 is 16.2 Å². The van der Waals surface area contributed by atoms with E-state index < -0.39 is 0 Å². The van der Waals surface area contributed by atoms with Gasteiger partial charge in [0.15, 0.2) is 0 Å². The maximum atomic E-state index is 11.5. The fourth-order valence-corrected chi connectivity index (χ4v) is 1.92. The third-order valence-corrected chi connectivity index (χ3v) is 3.56. The third-order valence-electron chi connectivity index (χ3n) is 2.44. The SMILES string of the molecule is CCN(CC(C)C(N)=S)c1nc[nH]c(=O)c1Br. The molecule has 0 spiro atoms. The van der Waals surface area contributed by atoms with Crippen LogP contribution >= 0.6 is 28.1 Å². The summed E-state index contributed by atoms with van der Waals surface area (Å²) in [6.45, 7) is 5.30. The highest BCUT2D eigenvalue weighted by molar-refractivity contribution is 9.10. The van der Waals surface area contributed by atoms with Crippen molar-refractivity contribution >= 4 is 39.0 Å². The van der Waals surface area contributed by atoms with Gasteiger partial charge < -0.3 is 15.6 Å². The highest BCUT2D eigenvalue weighted by atomic mass is 79.9. The Morgan fingerprint density at radius 3 is 2.94 bits per heavy atom. The molecule has 0 aliphatic carbocycles. The van der Waals surface area contributed by atoms with Gasteiger partial charge in [-0.1, -0.05) is 19.1 Å². The number of nitrogens with zero attached hydrogens (tertiary/aromatic N) is 2. The maximum absolute atomic E-state index is 11.5. The number of rotatable bonds is 5. The first kappa shape index (κ1) is 14.1. The number of thiocarbonyl (C=S) groups is 1. The molecule has 17 heavy (non-hydrogen) atoms. The van der Waals surface area contributed by atoms with Gasteiger partial charge in [0.1, 0.15) is 10.3 Å². The molecule has 3 N–H and O–H groups in total. The molecule has 0 bridgehead atoms. The van der Waals surface area contributed by atoms with E-state index in [4.69, 9.17) is 18.0 Å². The van der Waals surface area contributed by atoms with Crippen LogP contribution in [-0.2, 0) is 0 Å². The average Bonchev–Trinajstić information content (AvgIpc) is 2.29. The van der Waals surface area contributed by atoms with E-state index in [0.29, 0.717) is 21.8 Å². The molecular weight excluding hydrogens is 304 g/mol. The smallest absolute Gasteiger partial charge is 0.267 e. The Bertz CT molecular complexity index is 462. The van der Waals surface area contributed by atoms with Crippen LogP contribution in [0.1, 0.15) is 13.8 Å². The number of aromatic nitrogens is 2. The molecule has 0 radical (unpaired) electrons. The largest absolute Gasteiger partial charge is 0.393 e. The molecule has 0 saturated heterocycles. The Hall–Kier alpha value is -0.950. The quantitative estimate of drug-likeness (QED) is 0.800. The predicted octanol–water partition coefficient (Wildman–Crippen LogP) is 1.28. The minimum absolute atomic E-state index is 0.0675. The van der Waals surface area contributed by atoms with Crippen molar-refractivity contribution in [1.29, 1.82) is 0 Å². The molecule has 0 saturated carbocycles. The van der Waals surface area contributed by atoms with E-state index in [0.717, 1.165) is 6.54 Å². The first-order valence-electron chi connectivity index (χ1n) is 5.24. The summed E-state index contributed by atoms with van der Waals surface area (Å²) in [5.74, 6) is 0.678. The predicted molar refractivity (Wildman–Crippen MR) is 76.4 cm³/mol. The molecule has 1 heterocycles. The zero-order chi connectivity index (χ0) is 13.0. The van der Waals surface area contributed by atoms with Crippen molar-refractivity contribution in [3.8, 4) is 0 Å². The Balaban J connectivity index is 2.98. The molecule has 1 aromatic rings. The van der Waals surface area contributed by atoms with Gasteiger partial charge in [-0.3, -0.25) is 4.79 Å². The van der Waals surface area contributed by atoms with Gasteiger partial charge >= 0.3 is 0 Å². The highest BCUT2D eigenvalue weighted by Crippen LogP contribution is 2.19. The minimum Gasteiger partial charge on any atom is -0.393 e. The van der Waals surface area contributed by atoms with Gasteiger partial charge in [-0.2, -0.15) is 0 Å². The standard InChI is InChI=1S/C10H15BrN4OS/c1-3-15(4-6(2)8(12)17)9-7(11)10(16)14-5-13-9/h5-6H,3-4H2,1-2H3,(H2,12,17)(H,13,14,16). The fourth-order valence-electron chi connectivity index (χ4n) is 1.38. The Kier molecular flexibility index (Phi) is 5.07. The lowest BCUT2D eigenvalue weighted by molar-refractivity contribution is 0.696. The van der Waals surface area contributed by atoms with Gasteiger partial charge in [0.05, 0.1) is 11.3 Å². The molecule has 5 nitrogen and oxygen atoms in total. The van der Waals surface area contributed by atoms with Gasteiger partial charge in [0.2, 0.25) is 0 Å². The van der Waals surface area contributed by atoms with Crippen LogP contribution in [0.2, 0.25) is 0 Å². The van der Waals surface area contributed by atoms with Crippen molar-refractivity contribution < 1.29 is 0 Å². The number of nitrogens with two attached hydrogens (primary N) is 1. The van der Waals surface area contributed by atoms with Gasteiger partial charge in [-0.15, -0.1) is 0 Å². The summed E-state index contributed by atoms with van der Waals surface area (Å²) in [7, 11) is 0. The second-order valence-electron chi connectivity index (χ2n) is 3.71. The van der Waals surface area contributed by atoms with E-state index in [1.807, 2.05) is 18.7 Å². The molecule has 1 unspecified atom stereocenters. The first-order chi connectivity index (χ1) is 7.97. The third kappa shape index (κ3) is 3.50. The van der Waals surface area contributed by atoms with Crippen LogP contribution in [0.15, 0.2) is 15.6 Å². The van der Waals surface area contributed by atoms with E-state index in [2.05, 4.69) is 25.9 Å². The molecule has 94 valence electrons. The summed E-state index contributed by atoms with van der Waals surface area (Å²) in [6, 6.07) is 0. The Morgan fingerprint density at radius 2 is 2.41 bits per heavy atom. The fraction of sp³-hybridized carbons (Fsp3) is 0.500. The van der Waals surface area contributed by atoms with Crippen molar-refractivity contribution in [2.75, 3.05) is 18.0 Å². The van der Waals surface area contributed by atoms with Crippen LogP contribution in [0.5, 0.6) is 0 Å². The van der Waals surface area contributed by atoms with Crippen LogP contribution in [0.3, 0.4) is 0 Å². The number of halogens is 1. The zero-order valence-electron chi connectivity index (χ0n) is 9.74. The molecule has 1 atom stereocenters. The van der Waals surface area contributed by atoms with Crippen LogP contribution in [0.4, 0.5) is 5.82 Å². The van der Waals surface area contributed by atoms with E-state index in [1.165, 1.54) is 6.33 Å². The average molecular weight is 319 g/mol.